The summed E-state index contributed by atoms with van der Waals surface area (Å²) in [7, 11) is 0. The maximum absolute atomic E-state index is 11.9. The molecule has 0 saturated heterocycles. The first-order valence-electron chi connectivity index (χ1n) is 6.95. The fourth-order valence-corrected chi connectivity index (χ4v) is 2.17. The molecular formula is C15H20Cl2N2O2. The van der Waals surface area contributed by atoms with E-state index in [1.165, 1.54) is 6.92 Å². The summed E-state index contributed by atoms with van der Waals surface area (Å²) in [5.41, 5.74) is 0.483. The van der Waals surface area contributed by atoms with Gasteiger partial charge in [-0.2, -0.15) is 0 Å². The van der Waals surface area contributed by atoms with E-state index in [0.717, 1.165) is 12.8 Å². The van der Waals surface area contributed by atoms with Crippen LogP contribution in [0.25, 0.3) is 0 Å². The van der Waals surface area contributed by atoms with Gasteiger partial charge in [0.1, 0.15) is 0 Å². The second kappa shape index (κ2) is 8.90. The standard InChI is InChI=1S/C15H20Cl2N2O2/c1-3-4-9-19(11(2)20)10-8-14(21)18-13-7-5-6-12(16)15(13)17/h5-7H,3-4,8-10H2,1-2H3,(H,18,21). The number of unbranched alkanes of at least 4 members (excludes halogenated alkanes) is 1. The molecule has 0 unspecified atom stereocenters. The largest absolute Gasteiger partial charge is 0.342 e. The maximum atomic E-state index is 11.9. The molecule has 0 spiro atoms. The Morgan fingerprint density at radius 1 is 1.24 bits per heavy atom. The summed E-state index contributed by atoms with van der Waals surface area (Å²) in [6, 6.07) is 5.06. The van der Waals surface area contributed by atoms with Gasteiger partial charge < -0.3 is 10.2 Å². The van der Waals surface area contributed by atoms with Crippen LogP contribution in [0.4, 0.5) is 5.69 Å². The van der Waals surface area contributed by atoms with Gasteiger partial charge in [0, 0.05) is 26.4 Å². The highest BCUT2D eigenvalue weighted by atomic mass is 35.5. The Labute approximate surface area is 135 Å². The van der Waals surface area contributed by atoms with E-state index in [1.807, 2.05) is 0 Å². The minimum atomic E-state index is -0.193. The summed E-state index contributed by atoms with van der Waals surface area (Å²) in [5.74, 6) is -0.209. The molecule has 0 radical (unpaired) electrons. The molecule has 0 atom stereocenters. The lowest BCUT2D eigenvalue weighted by Crippen LogP contribution is -2.32. The fraction of sp³-hybridized carbons (Fsp3) is 0.467. The molecule has 1 aromatic carbocycles. The molecule has 4 nitrogen and oxygen atoms in total. The van der Waals surface area contributed by atoms with Crippen LogP contribution >= 0.6 is 23.2 Å². The average Bonchev–Trinajstić information content (AvgIpc) is 2.43. The van der Waals surface area contributed by atoms with Crippen LogP contribution in [0.1, 0.15) is 33.1 Å². The van der Waals surface area contributed by atoms with Crippen molar-refractivity contribution in [1.29, 1.82) is 0 Å². The molecular weight excluding hydrogens is 311 g/mol. The fourth-order valence-electron chi connectivity index (χ4n) is 1.83. The highest BCUT2D eigenvalue weighted by Crippen LogP contribution is 2.29. The van der Waals surface area contributed by atoms with E-state index in [-0.39, 0.29) is 18.2 Å². The first-order chi connectivity index (χ1) is 9.95. The minimum Gasteiger partial charge on any atom is -0.342 e. The number of amides is 2. The molecule has 1 aromatic rings. The third-order valence-corrected chi connectivity index (χ3v) is 3.88. The van der Waals surface area contributed by atoms with Gasteiger partial charge in [0.15, 0.2) is 0 Å². The van der Waals surface area contributed by atoms with E-state index in [1.54, 1.807) is 23.1 Å². The van der Waals surface area contributed by atoms with Gasteiger partial charge >= 0.3 is 0 Å². The lowest BCUT2D eigenvalue weighted by molar-refractivity contribution is -0.129. The van der Waals surface area contributed by atoms with Crippen molar-refractivity contribution in [2.45, 2.75) is 33.1 Å². The molecule has 0 aromatic heterocycles. The van der Waals surface area contributed by atoms with Gasteiger partial charge in [-0.1, -0.05) is 42.6 Å². The highest BCUT2D eigenvalue weighted by molar-refractivity contribution is 6.43. The number of carbonyl (C=O) groups excluding carboxylic acids is 2. The number of halogens is 2. The van der Waals surface area contributed by atoms with Crippen LogP contribution in [0.3, 0.4) is 0 Å². The number of carbonyl (C=O) groups is 2. The summed E-state index contributed by atoms with van der Waals surface area (Å²) in [6.45, 7) is 4.66. The number of hydrogen-bond donors (Lipinski definition) is 1. The summed E-state index contributed by atoms with van der Waals surface area (Å²) in [6.07, 6.45) is 2.17. The quantitative estimate of drug-likeness (QED) is 0.822. The lowest BCUT2D eigenvalue weighted by atomic mass is 10.2. The monoisotopic (exact) mass is 330 g/mol. The third-order valence-electron chi connectivity index (χ3n) is 3.06. The van der Waals surface area contributed by atoms with Gasteiger partial charge in [0.25, 0.3) is 0 Å². The predicted octanol–water partition coefficient (Wildman–Crippen LogP) is 3.97. The Hall–Kier alpha value is -1.26. The van der Waals surface area contributed by atoms with Crippen LogP contribution < -0.4 is 5.32 Å². The van der Waals surface area contributed by atoms with Crippen molar-refractivity contribution in [2.75, 3.05) is 18.4 Å². The number of anilines is 1. The Kier molecular flexibility index (Phi) is 7.54. The van der Waals surface area contributed by atoms with Crippen molar-refractivity contribution in [3.8, 4) is 0 Å². The van der Waals surface area contributed by atoms with Crippen molar-refractivity contribution in [1.82, 2.24) is 4.90 Å². The molecule has 116 valence electrons. The molecule has 0 aliphatic heterocycles. The molecule has 0 saturated carbocycles. The topological polar surface area (TPSA) is 49.4 Å². The van der Waals surface area contributed by atoms with E-state index in [4.69, 9.17) is 23.2 Å². The van der Waals surface area contributed by atoms with E-state index in [0.29, 0.717) is 28.8 Å². The first kappa shape index (κ1) is 17.8. The van der Waals surface area contributed by atoms with E-state index < -0.39 is 0 Å². The minimum absolute atomic E-state index is 0.0166. The van der Waals surface area contributed by atoms with Gasteiger partial charge in [-0.25, -0.2) is 0 Å². The second-order valence-electron chi connectivity index (χ2n) is 4.76. The summed E-state index contributed by atoms with van der Waals surface area (Å²) >= 11 is 11.9. The van der Waals surface area contributed by atoms with Crippen molar-refractivity contribution in [3.05, 3.63) is 28.2 Å². The molecule has 6 heteroatoms. The molecule has 0 aliphatic rings. The average molecular weight is 331 g/mol. The number of rotatable bonds is 7. The third kappa shape index (κ3) is 5.94. The second-order valence-corrected chi connectivity index (χ2v) is 5.54. The smallest absolute Gasteiger partial charge is 0.226 e. The number of hydrogen-bond acceptors (Lipinski definition) is 2. The van der Waals surface area contributed by atoms with Crippen molar-refractivity contribution < 1.29 is 9.59 Å². The molecule has 21 heavy (non-hydrogen) atoms. The number of nitrogens with zero attached hydrogens (tertiary/aromatic N) is 1. The van der Waals surface area contributed by atoms with Gasteiger partial charge in [-0.3, -0.25) is 9.59 Å². The van der Waals surface area contributed by atoms with E-state index in [2.05, 4.69) is 12.2 Å². The molecule has 0 fully saturated rings. The Morgan fingerprint density at radius 2 is 1.95 bits per heavy atom. The van der Waals surface area contributed by atoms with Crippen LogP contribution in [0.15, 0.2) is 18.2 Å². The molecule has 0 aliphatic carbocycles. The molecule has 1 N–H and O–H groups in total. The zero-order chi connectivity index (χ0) is 15.8. The van der Waals surface area contributed by atoms with Crippen molar-refractivity contribution in [2.24, 2.45) is 0 Å². The summed E-state index contributed by atoms with van der Waals surface area (Å²) < 4.78 is 0. The van der Waals surface area contributed by atoms with Gasteiger partial charge in [-0.15, -0.1) is 0 Å². The lowest BCUT2D eigenvalue weighted by Gasteiger charge is -2.20. The molecule has 0 bridgehead atoms. The normalized spacial score (nSPS) is 10.3. The molecule has 2 amide bonds. The summed E-state index contributed by atoms with van der Waals surface area (Å²) in [5, 5.41) is 3.42. The first-order valence-corrected chi connectivity index (χ1v) is 7.70. The van der Waals surface area contributed by atoms with E-state index in [9.17, 15) is 9.59 Å². The van der Waals surface area contributed by atoms with E-state index >= 15 is 0 Å². The van der Waals surface area contributed by atoms with Crippen LogP contribution in [0.5, 0.6) is 0 Å². The highest BCUT2D eigenvalue weighted by Gasteiger charge is 2.12. The number of nitrogens with one attached hydrogen (secondary N) is 1. The van der Waals surface area contributed by atoms with Crippen LogP contribution in [0, 0.1) is 0 Å². The SMILES string of the molecule is CCCCN(CCC(=O)Nc1cccc(Cl)c1Cl)C(C)=O. The number of benzene rings is 1. The van der Waals surface area contributed by atoms with Crippen molar-refractivity contribution >= 4 is 40.7 Å². The molecule has 1 rings (SSSR count). The Bertz CT molecular complexity index is 506. The molecule has 0 heterocycles. The predicted molar refractivity (Wildman–Crippen MR) is 86.9 cm³/mol. The van der Waals surface area contributed by atoms with Gasteiger partial charge in [0.05, 0.1) is 15.7 Å². The van der Waals surface area contributed by atoms with Gasteiger partial charge in [-0.05, 0) is 18.6 Å². The Morgan fingerprint density at radius 3 is 2.57 bits per heavy atom. The summed E-state index contributed by atoms with van der Waals surface area (Å²) in [4.78, 5) is 25.1. The zero-order valence-corrected chi connectivity index (χ0v) is 13.8. The Balaban J connectivity index is 2.53. The zero-order valence-electron chi connectivity index (χ0n) is 12.3. The van der Waals surface area contributed by atoms with Crippen LogP contribution in [-0.2, 0) is 9.59 Å². The van der Waals surface area contributed by atoms with Gasteiger partial charge in [0.2, 0.25) is 11.8 Å². The van der Waals surface area contributed by atoms with Crippen molar-refractivity contribution in [3.63, 3.8) is 0 Å². The van der Waals surface area contributed by atoms with Crippen LogP contribution in [0.2, 0.25) is 10.0 Å². The maximum Gasteiger partial charge on any atom is 0.226 e. The van der Waals surface area contributed by atoms with Crippen LogP contribution in [-0.4, -0.2) is 29.8 Å².